The number of para-hydroxylation sites is 1. The van der Waals surface area contributed by atoms with Gasteiger partial charge in [0.2, 0.25) is 5.91 Å². The highest BCUT2D eigenvalue weighted by Crippen LogP contribution is 2.16. The third kappa shape index (κ3) is 5.83. The van der Waals surface area contributed by atoms with Crippen molar-refractivity contribution in [3.05, 3.63) is 66.2 Å². The van der Waals surface area contributed by atoms with E-state index in [1.165, 1.54) is 5.56 Å². The number of benzene rings is 2. The largest absolute Gasteiger partial charge is 0.491 e. The van der Waals surface area contributed by atoms with Crippen LogP contribution < -0.4 is 4.74 Å². The number of hydrogen-bond acceptors (Lipinski definition) is 3. The molecule has 2 aromatic rings. The second-order valence-electron chi connectivity index (χ2n) is 7.15. The first-order valence-corrected chi connectivity index (χ1v) is 10.00. The van der Waals surface area contributed by atoms with E-state index in [1.807, 2.05) is 41.3 Å². The molecule has 4 heteroatoms. The Bertz CT molecular complexity index is 690. The first kappa shape index (κ1) is 19.4. The predicted molar refractivity (Wildman–Crippen MR) is 109 cm³/mol. The summed E-state index contributed by atoms with van der Waals surface area (Å²) < 4.78 is 6.05. The van der Waals surface area contributed by atoms with E-state index in [9.17, 15) is 4.79 Å². The summed E-state index contributed by atoms with van der Waals surface area (Å²) in [6, 6.07) is 20.3. The molecule has 0 aromatic heterocycles. The van der Waals surface area contributed by atoms with Crippen molar-refractivity contribution in [2.24, 2.45) is 0 Å². The van der Waals surface area contributed by atoms with E-state index in [4.69, 9.17) is 4.74 Å². The van der Waals surface area contributed by atoms with Gasteiger partial charge in [-0.25, -0.2) is 0 Å². The van der Waals surface area contributed by atoms with Crippen LogP contribution in [0.15, 0.2) is 60.7 Å². The van der Waals surface area contributed by atoms with Crippen LogP contribution in [0.1, 0.15) is 25.3 Å². The van der Waals surface area contributed by atoms with Crippen LogP contribution in [-0.2, 0) is 11.2 Å². The number of carbonyl (C=O) groups is 1. The number of rotatable bonds is 8. The van der Waals surface area contributed by atoms with E-state index in [-0.39, 0.29) is 11.9 Å². The Kier molecular flexibility index (Phi) is 7.28. The summed E-state index contributed by atoms with van der Waals surface area (Å²) in [5.41, 5.74) is 1.24. The minimum absolute atomic E-state index is 0.0432. The molecule has 0 spiro atoms. The molecule has 0 N–H and O–H groups in total. The first-order valence-electron chi connectivity index (χ1n) is 10.00. The quantitative estimate of drug-likeness (QED) is 0.715. The lowest BCUT2D eigenvalue weighted by Gasteiger charge is -2.31. The maximum absolute atomic E-state index is 12.9. The smallest absolute Gasteiger partial charge is 0.224 e. The summed E-state index contributed by atoms with van der Waals surface area (Å²) in [5, 5.41) is 0. The van der Waals surface area contributed by atoms with Gasteiger partial charge >= 0.3 is 0 Å². The van der Waals surface area contributed by atoms with Gasteiger partial charge < -0.3 is 14.5 Å². The summed E-state index contributed by atoms with van der Waals surface area (Å²) in [6.45, 7) is 6.34. The monoisotopic (exact) mass is 366 g/mol. The first-order chi connectivity index (χ1) is 13.3. The minimum atomic E-state index is 0.0432. The molecule has 4 nitrogen and oxygen atoms in total. The molecule has 27 heavy (non-hydrogen) atoms. The van der Waals surface area contributed by atoms with Crippen molar-refractivity contribution in [3.63, 3.8) is 0 Å². The van der Waals surface area contributed by atoms with Gasteiger partial charge in [0, 0.05) is 26.1 Å². The molecule has 1 saturated heterocycles. The van der Waals surface area contributed by atoms with Crippen molar-refractivity contribution in [2.75, 3.05) is 32.8 Å². The Morgan fingerprint density at radius 1 is 0.963 bits per heavy atom. The molecule has 0 aliphatic carbocycles. The summed E-state index contributed by atoms with van der Waals surface area (Å²) in [5.74, 6) is 1.09. The summed E-state index contributed by atoms with van der Waals surface area (Å²) in [6.07, 6.45) is 2.53. The average Bonchev–Trinajstić information content (AvgIpc) is 2.89. The molecule has 1 heterocycles. The molecule has 0 bridgehead atoms. The van der Waals surface area contributed by atoms with Crippen LogP contribution in [0.3, 0.4) is 0 Å². The molecular weight excluding hydrogens is 336 g/mol. The Balaban J connectivity index is 1.72. The molecule has 1 aliphatic heterocycles. The second kappa shape index (κ2) is 10.1. The van der Waals surface area contributed by atoms with Crippen LogP contribution in [-0.4, -0.2) is 54.5 Å². The fourth-order valence-corrected chi connectivity index (χ4v) is 3.66. The number of carbonyl (C=O) groups excluding carboxylic acids is 1. The average molecular weight is 367 g/mol. The van der Waals surface area contributed by atoms with Crippen molar-refractivity contribution >= 4 is 5.91 Å². The van der Waals surface area contributed by atoms with Gasteiger partial charge in [0.05, 0.1) is 6.04 Å². The zero-order valence-electron chi connectivity index (χ0n) is 16.2. The third-order valence-corrected chi connectivity index (χ3v) is 5.10. The van der Waals surface area contributed by atoms with Crippen molar-refractivity contribution < 1.29 is 9.53 Å². The standard InChI is InChI=1S/C23H30N2O2/c1-2-14-24-15-13-23(26)25(17-16-24)21(18-20-9-5-3-6-10-20)19-27-22-11-7-4-8-12-22/h3-12,21H,2,13-19H2,1H3. The van der Waals surface area contributed by atoms with Gasteiger partial charge in [-0.3, -0.25) is 4.79 Å². The van der Waals surface area contributed by atoms with Gasteiger partial charge in [0.1, 0.15) is 12.4 Å². The number of hydrogen-bond donors (Lipinski definition) is 0. The summed E-state index contributed by atoms with van der Waals surface area (Å²) in [4.78, 5) is 17.3. The van der Waals surface area contributed by atoms with E-state index in [1.54, 1.807) is 0 Å². The normalized spacial score (nSPS) is 16.8. The van der Waals surface area contributed by atoms with Crippen LogP contribution in [0.25, 0.3) is 0 Å². The third-order valence-electron chi connectivity index (χ3n) is 5.10. The molecular formula is C23H30N2O2. The van der Waals surface area contributed by atoms with Crippen LogP contribution >= 0.6 is 0 Å². The highest BCUT2D eigenvalue weighted by molar-refractivity contribution is 5.77. The maximum atomic E-state index is 12.9. The van der Waals surface area contributed by atoms with Gasteiger partial charge in [-0.1, -0.05) is 55.5 Å². The number of ether oxygens (including phenoxy) is 1. The fourth-order valence-electron chi connectivity index (χ4n) is 3.66. The lowest BCUT2D eigenvalue weighted by Crippen LogP contribution is -2.46. The molecule has 1 unspecified atom stereocenters. The predicted octanol–water partition coefficient (Wildman–Crippen LogP) is 3.62. The topological polar surface area (TPSA) is 32.8 Å². The number of amides is 1. The molecule has 3 rings (SSSR count). The van der Waals surface area contributed by atoms with E-state index in [0.717, 1.165) is 44.8 Å². The van der Waals surface area contributed by atoms with Gasteiger partial charge in [-0.2, -0.15) is 0 Å². The van der Waals surface area contributed by atoms with Crippen molar-refractivity contribution in [3.8, 4) is 5.75 Å². The second-order valence-corrected chi connectivity index (χ2v) is 7.15. The van der Waals surface area contributed by atoms with E-state index < -0.39 is 0 Å². The van der Waals surface area contributed by atoms with Gasteiger partial charge in [0.25, 0.3) is 0 Å². The Hall–Kier alpha value is -2.33. The summed E-state index contributed by atoms with van der Waals surface area (Å²) >= 11 is 0. The molecule has 2 aromatic carbocycles. The zero-order chi connectivity index (χ0) is 18.9. The number of nitrogens with zero attached hydrogens (tertiary/aromatic N) is 2. The van der Waals surface area contributed by atoms with Crippen molar-refractivity contribution in [1.82, 2.24) is 9.80 Å². The maximum Gasteiger partial charge on any atom is 0.224 e. The molecule has 1 fully saturated rings. The minimum Gasteiger partial charge on any atom is -0.491 e. The van der Waals surface area contributed by atoms with Gasteiger partial charge in [0.15, 0.2) is 0 Å². The lowest BCUT2D eigenvalue weighted by atomic mass is 10.0. The Morgan fingerprint density at radius 3 is 2.37 bits per heavy atom. The van der Waals surface area contributed by atoms with Gasteiger partial charge in [-0.15, -0.1) is 0 Å². The molecule has 0 radical (unpaired) electrons. The molecule has 0 saturated carbocycles. The van der Waals surface area contributed by atoms with Crippen molar-refractivity contribution in [2.45, 2.75) is 32.2 Å². The zero-order valence-corrected chi connectivity index (χ0v) is 16.2. The van der Waals surface area contributed by atoms with E-state index in [2.05, 4.69) is 36.1 Å². The van der Waals surface area contributed by atoms with Crippen molar-refractivity contribution in [1.29, 1.82) is 0 Å². The highest BCUT2D eigenvalue weighted by atomic mass is 16.5. The van der Waals surface area contributed by atoms with E-state index in [0.29, 0.717) is 13.0 Å². The molecule has 1 atom stereocenters. The highest BCUT2D eigenvalue weighted by Gasteiger charge is 2.27. The lowest BCUT2D eigenvalue weighted by molar-refractivity contribution is -0.133. The fraction of sp³-hybridized carbons (Fsp3) is 0.435. The van der Waals surface area contributed by atoms with Crippen LogP contribution in [0.2, 0.25) is 0 Å². The molecule has 1 aliphatic rings. The van der Waals surface area contributed by atoms with Crippen LogP contribution in [0, 0.1) is 0 Å². The van der Waals surface area contributed by atoms with E-state index >= 15 is 0 Å². The Labute approximate surface area is 162 Å². The molecule has 144 valence electrons. The van der Waals surface area contributed by atoms with Crippen LogP contribution in [0.4, 0.5) is 0 Å². The Morgan fingerprint density at radius 2 is 1.67 bits per heavy atom. The SMILES string of the molecule is CCCN1CCC(=O)N(C(COc2ccccc2)Cc2ccccc2)CC1. The van der Waals surface area contributed by atoms with Crippen LogP contribution in [0.5, 0.6) is 5.75 Å². The summed E-state index contributed by atoms with van der Waals surface area (Å²) in [7, 11) is 0. The van der Waals surface area contributed by atoms with Gasteiger partial charge in [-0.05, 0) is 37.1 Å². The molecule has 1 amide bonds.